The summed E-state index contributed by atoms with van der Waals surface area (Å²) in [6.45, 7) is 4.89. The van der Waals surface area contributed by atoms with Gasteiger partial charge in [0.1, 0.15) is 12.1 Å². The van der Waals surface area contributed by atoms with Crippen LogP contribution in [0.25, 0.3) is 11.3 Å². The van der Waals surface area contributed by atoms with Crippen LogP contribution < -0.4 is 4.90 Å². The Bertz CT molecular complexity index is 860. The molecule has 1 aromatic heterocycles. The Hall–Kier alpha value is -2.87. The van der Waals surface area contributed by atoms with Crippen molar-refractivity contribution in [2.24, 2.45) is 0 Å². The fourth-order valence-corrected chi connectivity index (χ4v) is 3.59. The van der Waals surface area contributed by atoms with E-state index in [2.05, 4.69) is 5.16 Å². The first-order chi connectivity index (χ1) is 13.6. The highest BCUT2D eigenvalue weighted by atomic mass is 16.5. The topological polar surface area (TPSA) is 79.1 Å². The van der Waals surface area contributed by atoms with Crippen molar-refractivity contribution >= 4 is 17.6 Å². The predicted molar refractivity (Wildman–Crippen MR) is 103 cm³/mol. The van der Waals surface area contributed by atoms with Gasteiger partial charge in [0.05, 0.1) is 13.2 Å². The van der Waals surface area contributed by atoms with E-state index in [-0.39, 0.29) is 24.4 Å². The standard InChI is InChI=1S/C20H24N4O4/c1-14-12-24(13-16(25)22(14)2)20(26)17-18(15-6-4-3-5-7-15)28-21-19(17)23-8-10-27-11-9-23/h3-7,14H,8-13H2,1-2H3/t14-/m0/s1. The molecule has 28 heavy (non-hydrogen) atoms. The number of morpholine rings is 1. The van der Waals surface area contributed by atoms with Gasteiger partial charge in [-0.15, -0.1) is 0 Å². The number of hydrogen-bond donors (Lipinski definition) is 0. The molecule has 4 rings (SSSR count). The number of piperazine rings is 1. The van der Waals surface area contributed by atoms with Crippen LogP contribution in [0.2, 0.25) is 0 Å². The van der Waals surface area contributed by atoms with Crippen molar-refractivity contribution in [2.75, 3.05) is 51.3 Å². The van der Waals surface area contributed by atoms with Gasteiger partial charge in [-0.2, -0.15) is 0 Å². The molecule has 148 valence electrons. The summed E-state index contributed by atoms with van der Waals surface area (Å²) in [5.74, 6) is 0.657. The minimum atomic E-state index is -0.227. The van der Waals surface area contributed by atoms with Crippen molar-refractivity contribution in [2.45, 2.75) is 13.0 Å². The molecular formula is C20H24N4O4. The average molecular weight is 384 g/mol. The number of amides is 2. The first kappa shape index (κ1) is 18.5. The zero-order valence-corrected chi connectivity index (χ0v) is 16.1. The lowest BCUT2D eigenvalue weighted by Gasteiger charge is -2.37. The van der Waals surface area contributed by atoms with Crippen LogP contribution in [0.5, 0.6) is 0 Å². The van der Waals surface area contributed by atoms with Gasteiger partial charge in [0.15, 0.2) is 11.6 Å². The summed E-state index contributed by atoms with van der Waals surface area (Å²) >= 11 is 0. The molecule has 1 aromatic carbocycles. The van der Waals surface area contributed by atoms with Gasteiger partial charge in [-0.05, 0) is 6.92 Å². The zero-order valence-electron chi connectivity index (χ0n) is 16.1. The normalized spacial score (nSPS) is 20.6. The lowest BCUT2D eigenvalue weighted by atomic mass is 10.1. The highest BCUT2D eigenvalue weighted by Crippen LogP contribution is 2.33. The lowest BCUT2D eigenvalue weighted by molar-refractivity contribution is -0.136. The van der Waals surface area contributed by atoms with E-state index < -0.39 is 0 Å². The minimum Gasteiger partial charge on any atom is -0.378 e. The number of aromatic nitrogens is 1. The molecule has 2 saturated heterocycles. The van der Waals surface area contributed by atoms with Crippen LogP contribution in [0.1, 0.15) is 17.3 Å². The molecule has 0 aliphatic carbocycles. The summed E-state index contributed by atoms with van der Waals surface area (Å²) < 4.78 is 11.1. The van der Waals surface area contributed by atoms with E-state index in [4.69, 9.17) is 9.26 Å². The third-order valence-electron chi connectivity index (χ3n) is 5.39. The average Bonchev–Trinajstić information content (AvgIpc) is 3.17. The highest BCUT2D eigenvalue weighted by Gasteiger charge is 2.36. The molecule has 1 atom stereocenters. The molecule has 0 bridgehead atoms. The number of ether oxygens (including phenoxy) is 1. The van der Waals surface area contributed by atoms with Gasteiger partial charge in [-0.3, -0.25) is 9.59 Å². The summed E-state index contributed by atoms with van der Waals surface area (Å²) in [7, 11) is 1.77. The summed E-state index contributed by atoms with van der Waals surface area (Å²) in [5.41, 5.74) is 1.20. The Morgan fingerprint density at radius 2 is 1.89 bits per heavy atom. The van der Waals surface area contributed by atoms with Crippen molar-refractivity contribution in [1.82, 2.24) is 15.0 Å². The maximum atomic E-state index is 13.5. The first-order valence-corrected chi connectivity index (χ1v) is 9.49. The maximum absolute atomic E-state index is 13.5. The maximum Gasteiger partial charge on any atom is 0.262 e. The molecule has 0 saturated carbocycles. The largest absolute Gasteiger partial charge is 0.378 e. The van der Waals surface area contributed by atoms with Gasteiger partial charge in [-0.1, -0.05) is 35.5 Å². The van der Waals surface area contributed by atoms with Crippen molar-refractivity contribution in [3.05, 3.63) is 35.9 Å². The second-order valence-corrected chi connectivity index (χ2v) is 7.22. The SMILES string of the molecule is C[C@H]1CN(C(=O)c2c(N3CCOCC3)noc2-c2ccccc2)CC(=O)N1C. The van der Waals surface area contributed by atoms with E-state index in [1.54, 1.807) is 16.8 Å². The highest BCUT2D eigenvalue weighted by molar-refractivity contribution is 6.05. The monoisotopic (exact) mass is 384 g/mol. The first-order valence-electron chi connectivity index (χ1n) is 9.49. The second kappa shape index (κ2) is 7.63. The number of hydrogen-bond acceptors (Lipinski definition) is 6. The molecule has 2 fully saturated rings. The Balaban J connectivity index is 1.73. The van der Waals surface area contributed by atoms with E-state index in [0.717, 1.165) is 5.56 Å². The minimum absolute atomic E-state index is 0.0444. The number of nitrogens with zero attached hydrogens (tertiary/aromatic N) is 4. The molecule has 0 unspecified atom stereocenters. The van der Waals surface area contributed by atoms with Crippen molar-refractivity contribution in [3.8, 4) is 11.3 Å². The Morgan fingerprint density at radius 3 is 2.57 bits per heavy atom. The van der Waals surface area contributed by atoms with E-state index in [1.165, 1.54) is 0 Å². The van der Waals surface area contributed by atoms with Crippen LogP contribution >= 0.6 is 0 Å². The van der Waals surface area contributed by atoms with Crippen molar-refractivity contribution in [3.63, 3.8) is 0 Å². The van der Waals surface area contributed by atoms with E-state index >= 15 is 0 Å². The molecule has 3 heterocycles. The van der Waals surface area contributed by atoms with Gasteiger partial charge < -0.3 is 24.0 Å². The number of benzene rings is 1. The molecule has 2 aliphatic heterocycles. The molecular weight excluding hydrogens is 360 g/mol. The second-order valence-electron chi connectivity index (χ2n) is 7.22. The number of carbonyl (C=O) groups excluding carboxylic acids is 2. The van der Waals surface area contributed by atoms with Crippen molar-refractivity contribution in [1.29, 1.82) is 0 Å². The van der Waals surface area contributed by atoms with Crippen LogP contribution in [0.4, 0.5) is 5.82 Å². The van der Waals surface area contributed by atoms with Gasteiger partial charge in [0.2, 0.25) is 5.91 Å². The smallest absolute Gasteiger partial charge is 0.262 e. The third kappa shape index (κ3) is 3.35. The van der Waals surface area contributed by atoms with Crippen molar-refractivity contribution < 1.29 is 18.8 Å². The van der Waals surface area contributed by atoms with E-state index in [0.29, 0.717) is 50.0 Å². The van der Waals surface area contributed by atoms with Gasteiger partial charge in [0.25, 0.3) is 5.91 Å². The number of rotatable bonds is 3. The summed E-state index contributed by atoms with van der Waals surface area (Å²) in [4.78, 5) is 31.1. The van der Waals surface area contributed by atoms with Crippen LogP contribution in [-0.4, -0.2) is 79.3 Å². The van der Waals surface area contributed by atoms with E-state index in [9.17, 15) is 9.59 Å². The molecule has 0 spiro atoms. The zero-order chi connectivity index (χ0) is 19.7. The summed E-state index contributed by atoms with van der Waals surface area (Å²) in [5, 5.41) is 4.24. The van der Waals surface area contributed by atoms with Gasteiger partial charge in [-0.25, -0.2) is 0 Å². The predicted octanol–water partition coefficient (Wildman–Crippen LogP) is 1.48. The molecule has 2 aromatic rings. The molecule has 8 nitrogen and oxygen atoms in total. The Labute approximate surface area is 163 Å². The van der Waals surface area contributed by atoms with E-state index in [1.807, 2.05) is 42.2 Å². The molecule has 8 heteroatoms. The van der Waals surface area contributed by atoms with Crippen LogP contribution in [0.3, 0.4) is 0 Å². The van der Waals surface area contributed by atoms with Crippen LogP contribution in [-0.2, 0) is 9.53 Å². The third-order valence-corrected chi connectivity index (χ3v) is 5.39. The summed E-state index contributed by atoms with van der Waals surface area (Å²) in [6, 6.07) is 9.42. The molecule has 2 aliphatic rings. The van der Waals surface area contributed by atoms with Crippen LogP contribution in [0.15, 0.2) is 34.9 Å². The van der Waals surface area contributed by atoms with Gasteiger partial charge in [0, 0.05) is 38.3 Å². The molecule has 0 radical (unpaired) electrons. The Kier molecular flexibility index (Phi) is 5.04. The Morgan fingerprint density at radius 1 is 1.18 bits per heavy atom. The number of likely N-dealkylation sites (N-methyl/N-ethyl adjacent to an activating group) is 1. The number of carbonyl (C=O) groups is 2. The fraction of sp³-hybridized carbons (Fsp3) is 0.450. The van der Waals surface area contributed by atoms with Gasteiger partial charge >= 0.3 is 0 Å². The number of anilines is 1. The quantitative estimate of drug-likeness (QED) is 0.798. The fourth-order valence-electron chi connectivity index (χ4n) is 3.59. The van der Waals surface area contributed by atoms with Crippen LogP contribution in [0, 0.1) is 0 Å². The lowest BCUT2D eigenvalue weighted by Crippen LogP contribution is -2.55. The molecule has 0 N–H and O–H groups in total. The molecule has 2 amide bonds. The summed E-state index contributed by atoms with van der Waals surface area (Å²) in [6.07, 6.45) is 0.